The second-order valence-electron chi connectivity index (χ2n) is 25.9. The fourth-order valence-corrected chi connectivity index (χ4v) is 14.4. The summed E-state index contributed by atoms with van der Waals surface area (Å²) in [7, 11) is -1.22. The molecular weight excluding hydrogens is 1540 g/mol. The van der Waals surface area contributed by atoms with E-state index in [-0.39, 0.29) is 83.2 Å². The first-order valence-corrected chi connectivity index (χ1v) is 40.0. The highest BCUT2D eigenvalue weighted by Crippen LogP contribution is 2.48. The zero-order valence-corrected chi connectivity index (χ0v) is 66.1. The standard InChI is InChI=1S/C64H114O40S4/c1-12-20-27-78-34-38-42(45(82-31-24-16-5)52(56(77-11)87-38)97-106-103-100-70)90-60-51-48(76-10)55(64(95-60,37-85-51)62(67)68)93-58-53(98-107-104-101-71)46(96-105-102-99-69)43(39(88-58)35-79-28-21-13-2)91-59-50(84-33-26-18-7)47(75-9)54(63(19-8,94-59)61(65)66)92-57-49(83-32-25-17-6)44(81-30-23-15-4)41(80-29-22-14-3)40(89-57)36-86-108(72,73)74/h38-60,69-71H,12-37H2,1-11H3,(H,65,66)(H,67,68)(H,72,73,74)/t38?,39?,40?,41-,42-,43-,44-,45-,46-,47+,48+,49?,50?,51?,52?,53?,54+,55+,56+,57-,58-,59+,60-,63?,64?/m0/s1. The quantitative estimate of drug-likeness (QED) is 0.0117. The summed E-state index contributed by atoms with van der Waals surface area (Å²) in [6.45, 7) is 14.0. The minimum Gasteiger partial charge on any atom is -0.479 e. The number of carboxylic acids is 2. The number of carboxylic acid groups (broad SMARTS) is 2. The zero-order chi connectivity index (χ0) is 78.7. The van der Waals surface area contributed by atoms with E-state index in [1.165, 1.54) is 28.3 Å². The van der Waals surface area contributed by atoms with E-state index in [4.69, 9.17) is 125 Å². The third kappa shape index (κ3) is 26.5. The highest BCUT2D eigenvalue weighted by molar-refractivity contribution is 7.90. The molecule has 634 valence electrons. The van der Waals surface area contributed by atoms with Crippen molar-refractivity contribution < 1.29 is 188 Å². The van der Waals surface area contributed by atoms with E-state index in [0.717, 1.165) is 6.42 Å². The zero-order valence-electron chi connectivity index (χ0n) is 62.9. The monoisotopic (exact) mass is 1650 g/mol. The van der Waals surface area contributed by atoms with Crippen LogP contribution in [0.1, 0.15) is 152 Å². The fourth-order valence-electron chi connectivity index (χ4n) is 13.0. The van der Waals surface area contributed by atoms with Gasteiger partial charge in [0.2, 0.25) is 5.60 Å². The summed E-state index contributed by atoms with van der Waals surface area (Å²) in [6.07, 6.45) is -25.9. The van der Waals surface area contributed by atoms with Crippen molar-refractivity contribution in [3.8, 4) is 0 Å². The number of carbonyl (C=O) groups is 2. The Morgan fingerprint density at radius 3 is 1.29 bits per heavy atom. The van der Waals surface area contributed by atoms with Crippen molar-refractivity contribution in [2.75, 3.05) is 94.0 Å². The van der Waals surface area contributed by atoms with Gasteiger partial charge in [0.1, 0.15) is 97.7 Å². The van der Waals surface area contributed by atoms with Crippen molar-refractivity contribution in [3.05, 3.63) is 0 Å². The lowest BCUT2D eigenvalue weighted by Gasteiger charge is -2.57. The second-order valence-corrected chi connectivity index (χ2v) is 28.4. The average molecular weight is 1650 g/mol. The Hall–Kier alpha value is -1.42. The van der Waals surface area contributed by atoms with Crippen molar-refractivity contribution in [3.63, 3.8) is 0 Å². The van der Waals surface area contributed by atoms with Crippen molar-refractivity contribution >= 4 is 59.3 Å². The van der Waals surface area contributed by atoms with E-state index in [2.05, 4.69) is 19.4 Å². The van der Waals surface area contributed by atoms with Crippen LogP contribution < -0.4 is 0 Å². The molecule has 0 saturated carbocycles. The van der Waals surface area contributed by atoms with Crippen LogP contribution in [0.2, 0.25) is 0 Å². The van der Waals surface area contributed by atoms with Crippen LogP contribution in [0.3, 0.4) is 0 Å². The Balaban J connectivity index is 1.46. The lowest BCUT2D eigenvalue weighted by Crippen LogP contribution is -2.77. The molecule has 108 heavy (non-hydrogen) atoms. The molecule has 7 heterocycles. The third-order valence-corrected chi connectivity index (χ3v) is 20.4. The molecule has 10 unspecified atom stereocenters. The summed E-state index contributed by atoms with van der Waals surface area (Å²) >= 11 is 0.218. The van der Waals surface area contributed by atoms with Crippen LogP contribution in [0, 0.1) is 0 Å². The molecule has 40 nitrogen and oxygen atoms in total. The fraction of sp³-hybridized carbons (Fsp3) is 0.969. The topological polar surface area (TPSA) is 467 Å². The maximum absolute atomic E-state index is 14.6. The number of ether oxygens (including phenoxy) is 20. The first-order chi connectivity index (χ1) is 52.3. The van der Waals surface area contributed by atoms with Gasteiger partial charge in [0.05, 0.1) is 26.4 Å². The van der Waals surface area contributed by atoms with E-state index in [1.54, 1.807) is 0 Å². The average Bonchev–Trinajstić information content (AvgIpc) is 0.724. The summed E-state index contributed by atoms with van der Waals surface area (Å²) in [5.74, 6) is -3.28. The smallest absolute Gasteiger partial charge is 0.397 e. The Bertz CT molecular complexity index is 2560. The molecule has 0 spiro atoms. The SMILES string of the molecule is CCCCOCC1O[C@@H](OC)C(OSOOO)[C@@H](OCCCC)[C@H]1O[C@H]1OC2(C(=O)O)COC1[C@@H](OC)[C@H]2O[C@@H]1OC(COCCCC)[C@H](O[C@@H]2OC(CC)(C(=O)O)[C@H](O[C@@H]3OC(COS(=O)(=O)O)[C@H](OCCCC)[C@H](OCCCC)C3OCCCC)[C@H](OC)C2OCCCC)[C@H](OSOOO)C1OSOOO. The van der Waals surface area contributed by atoms with E-state index in [9.17, 15) is 43.3 Å². The molecule has 7 aliphatic rings. The minimum absolute atomic E-state index is 0.00561. The maximum Gasteiger partial charge on any atom is 0.397 e. The Morgan fingerprint density at radius 2 is 0.833 bits per heavy atom. The summed E-state index contributed by atoms with van der Waals surface area (Å²) in [6, 6.07) is 0. The van der Waals surface area contributed by atoms with Gasteiger partial charge in [0, 0.05) is 67.6 Å². The normalized spacial score (nSPS) is 35.2. The number of aliphatic carboxylic acids is 2. The molecule has 0 aromatic heterocycles. The first-order valence-electron chi connectivity index (χ1n) is 36.7. The van der Waals surface area contributed by atoms with Gasteiger partial charge in [-0.05, 0) is 51.4 Å². The summed E-state index contributed by atoms with van der Waals surface area (Å²) in [5, 5.41) is 63.1. The Kier molecular flexibility index (Phi) is 45.0. The molecule has 0 aliphatic carbocycles. The molecular formula is C64H114O40S4. The van der Waals surface area contributed by atoms with Gasteiger partial charge in [0.15, 0.2) is 86.2 Å². The lowest BCUT2D eigenvalue weighted by atomic mass is 9.83. The van der Waals surface area contributed by atoms with E-state index in [1.807, 2.05) is 48.5 Å². The Morgan fingerprint density at radius 1 is 0.426 bits per heavy atom. The van der Waals surface area contributed by atoms with Gasteiger partial charge < -0.3 is 105 Å². The first kappa shape index (κ1) is 95.4. The van der Waals surface area contributed by atoms with E-state index >= 15 is 0 Å². The molecule has 7 rings (SSSR count). The molecule has 0 aromatic rings. The number of hydrogen-bond donors (Lipinski definition) is 6. The van der Waals surface area contributed by atoms with Crippen LogP contribution in [0.15, 0.2) is 0 Å². The van der Waals surface area contributed by atoms with Crippen LogP contribution in [0.25, 0.3) is 0 Å². The highest BCUT2D eigenvalue weighted by Gasteiger charge is 2.70. The molecule has 6 N–H and O–H groups in total. The van der Waals surface area contributed by atoms with Gasteiger partial charge in [-0.1, -0.05) is 115 Å². The molecule has 44 heteroatoms. The minimum atomic E-state index is -5.10. The number of fused-ring (bicyclic) bond motifs is 3. The third-order valence-electron chi connectivity index (χ3n) is 18.7. The summed E-state index contributed by atoms with van der Waals surface area (Å²) < 4.78 is 202. The van der Waals surface area contributed by atoms with Gasteiger partial charge in [0.25, 0.3) is 0 Å². The van der Waals surface area contributed by atoms with Gasteiger partial charge in [-0.25, -0.2) is 29.5 Å². The van der Waals surface area contributed by atoms with Crippen LogP contribution in [-0.4, -0.2) is 297 Å². The largest absolute Gasteiger partial charge is 0.479 e. The number of methoxy groups -OCH3 is 3. The summed E-state index contributed by atoms with van der Waals surface area (Å²) in [5.41, 5.74) is -5.14. The van der Waals surface area contributed by atoms with Crippen LogP contribution in [-0.2, 0) is 160 Å². The van der Waals surface area contributed by atoms with Crippen LogP contribution in [0.5, 0.6) is 0 Å². The van der Waals surface area contributed by atoms with Gasteiger partial charge in [-0.2, -0.15) is 8.42 Å². The molecule has 0 radical (unpaired) electrons. The number of hydrogen-bond acceptors (Lipinski definition) is 40. The van der Waals surface area contributed by atoms with Crippen molar-refractivity contribution in [1.29, 1.82) is 0 Å². The number of unbranched alkanes of at least 4 members (excludes halogenated alkanes) is 7. The predicted octanol–water partition coefficient (Wildman–Crippen LogP) is 7.03. The van der Waals surface area contributed by atoms with Crippen LogP contribution >= 0.6 is 37.0 Å². The van der Waals surface area contributed by atoms with Gasteiger partial charge >= 0.3 is 22.3 Å². The second kappa shape index (κ2) is 50.9. The molecule has 25 atom stereocenters. The number of rotatable bonds is 59. The molecule has 7 aliphatic heterocycles. The van der Waals surface area contributed by atoms with Crippen LogP contribution in [0.4, 0.5) is 0 Å². The molecule has 7 fully saturated rings. The van der Waals surface area contributed by atoms with Gasteiger partial charge in [-0.3, -0.25) is 17.1 Å². The van der Waals surface area contributed by atoms with Crippen molar-refractivity contribution in [2.24, 2.45) is 0 Å². The molecule has 0 aromatic carbocycles. The van der Waals surface area contributed by atoms with Crippen molar-refractivity contribution in [2.45, 2.75) is 304 Å². The Labute approximate surface area is 642 Å². The molecule has 0 amide bonds. The van der Waals surface area contributed by atoms with Crippen molar-refractivity contribution in [1.82, 2.24) is 0 Å². The lowest BCUT2D eigenvalue weighted by molar-refractivity contribution is -0.440. The summed E-state index contributed by atoms with van der Waals surface area (Å²) in [4.78, 5) is 28.8. The maximum atomic E-state index is 14.6. The molecule has 7 saturated heterocycles. The van der Waals surface area contributed by atoms with E-state index in [0.29, 0.717) is 90.1 Å². The van der Waals surface area contributed by atoms with Gasteiger partial charge in [-0.15, -0.1) is 13.0 Å². The highest BCUT2D eigenvalue weighted by atomic mass is 32.3. The molecule has 2 bridgehead atoms. The van der Waals surface area contributed by atoms with E-state index < -0.39 is 201 Å². The predicted molar refractivity (Wildman–Crippen MR) is 369 cm³/mol.